The van der Waals surface area contributed by atoms with Crippen LogP contribution in [0.5, 0.6) is 0 Å². The lowest BCUT2D eigenvalue weighted by Crippen LogP contribution is -2.19. The van der Waals surface area contributed by atoms with E-state index in [0.29, 0.717) is 4.88 Å². The third-order valence-electron chi connectivity index (χ3n) is 3.70. The normalized spacial score (nSPS) is 14.7. The van der Waals surface area contributed by atoms with Gasteiger partial charge in [-0.3, -0.25) is 4.79 Å². The standard InChI is InChI=1S/C17H17FN2OS/c18-13-8-6-12(7-9-13)15-10-11-16(22-15)17(21)20-19-14-4-2-1-3-5-14/h6-11H,1-5H2,(H,20,21). The zero-order valence-corrected chi connectivity index (χ0v) is 13.0. The summed E-state index contributed by atoms with van der Waals surface area (Å²) >= 11 is 1.38. The first-order valence-electron chi connectivity index (χ1n) is 7.44. The zero-order valence-electron chi connectivity index (χ0n) is 12.1. The minimum atomic E-state index is -0.262. The number of nitrogens with zero attached hydrogens (tertiary/aromatic N) is 1. The molecule has 1 heterocycles. The molecule has 1 amide bonds. The molecule has 114 valence electrons. The van der Waals surface area contributed by atoms with Crippen molar-refractivity contribution in [2.75, 3.05) is 0 Å². The lowest BCUT2D eigenvalue weighted by Gasteiger charge is -2.11. The van der Waals surface area contributed by atoms with E-state index in [1.807, 2.05) is 6.07 Å². The number of nitrogens with one attached hydrogen (secondary N) is 1. The minimum absolute atomic E-state index is 0.184. The molecule has 1 aromatic carbocycles. The number of rotatable bonds is 3. The van der Waals surface area contributed by atoms with Crippen molar-refractivity contribution in [2.24, 2.45) is 5.10 Å². The Morgan fingerprint density at radius 2 is 1.77 bits per heavy atom. The fraction of sp³-hybridized carbons (Fsp3) is 0.294. The van der Waals surface area contributed by atoms with Crippen LogP contribution in [0.3, 0.4) is 0 Å². The number of hydrogen-bond donors (Lipinski definition) is 1. The number of amides is 1. The van der Waals surface area contributed by atoms with Gasteiger partial charge in [0.2, 0.25) is 0 Å². The number of benzene rings is 1. The van der Waals surface area contributed by atoms with Crippen molar-refractivity contribution in [1.82, 2.24) is 5.43 Å². The maximum Gasteiger partial charge on any atom is 0.281 e. The van der Waals surface area contributed by atoms with Gasteiger partial charge in [-0.15, -0.1) is 11.3 Å². The summed E-state index contributed by atoms with van der Waals surface area (Å²) < 4.78 is 12.9. The second-order valence-electron chi connectivity index (χ2n) is 5.35. The van der Waals surface area contributed by atoms with Gasteiger partial charge in [-0.25, -0.2) is 9.82 Å². The molecule has 1 aromatic heterocycles. The van der Waals surface area contributed by atoms with E-state index in [2.05, 4.69) is 10.5 Å². The first-order valence-corrected chi connectivity index (χ1v) is 8.25. The van der Waals surface area contributed by atoms with Gasteiger partial charge >= 0.3 is 0 Å². The van der Waals surface area contributed by atoms with E-state index in [9.17, 15) is 9.18 Å². The quantitative estimate of drug-likeness (QED) is 0.826. The molecule has 5 heteroatoms. The molecule has 0 unspecified atom stereocenters. The Morgan fingerprint density at radius 1 is 1.05 bits per heavy atom. The van der Waals surface area contributed by atoms with Crippen molar-refractivity contribution in [2.45, 2.75) is 32.1 Å². The minimum Gasteiger partial charge on any atom is -0.266 e. The van der Waals surface area contributed by atoms with Crippen molar-refractivity contribution in [3.05, 3.63) is 47.1 Å². The van der Waals surface area contributed by atoms with Crippen molar-refractivity contribution in [3.63, 3.8) is 0 Å². The van der Waals surface area contributed by atoms with E-state index < -0.39 is 0 Å². The van der Waals surface area contributed by atoms with Crippen molar-refractivity contribution < 1.29 is 9.18 Å². The summed E-state index contributed by atoms with van der Waals surface area (Å²) in [6.07, 6.45) is 5.51. The molecule has 22 heavy (non-hydrogen) atoms. The van der Waals surface area contributed by atoms with E-state index in [4.69, 9.17) is 0 Å². The molecule has 0 aliphatic heterocycles. The van der Waals surface area contributed by atoms with Crippen LogP contribution >= 0.6 is 11.3 Å². The summed E-state index contributed by atoms with van der Waals surface area (Å²) in [6.45, 7) is 0. The van der Waals surface area contributed by atoms with Crippen LogP contribution in [-0.2, 0) is 0 Å². The van der Waals surface area contributed by atoms with Gasteiger partial charge in [-0.05, 0) is 55.5 Å². The van der Waals surface area contributed by atoms with Gasteiger partial charge in [0.1, 0.15) is 5.82 Å². The van der Waals surface area contributed by atoms with Crippen molar-refractivity contribution in [1.29, 1.82) is 0 Å². The molecule has 1 N–H and O–H groups in total. The highest BCUT2D eigenvalue weighted by Crippen LogP contribution is 2.28. The Hall–Kier alpha value is -2.01. The summed E-state index contributed by atoms with van der Waals surface area (Å²) in [6, 6.07) is 9.92. The van der Waals surface area contributed by atoms with Crippen LogP contribution in [0.15, 0.2) is 41.5 Å². The highest BCUT2D eigenvalue weighted by molar-refractivity contribution is 7.17. The fourth-order valence-electron chi connectivity index (χ4n) is 2.49. The Morgan fingerprint density at radius 3 is 2.50 bits per heavy atom. The smallest absolute Gasteiger partial charge is 0.266 e. The van der Waals surface area contributed by atoms with Gasteiger partial charge in [-0.1, -0.05) is 18.6 Å². The average molecular weight is 316 g/mol. The van der Waals surface area contributed by atoms with Gasteiger partial charge in [0.15, 0.2) is 0 Å². The Kier molecular flexibility index (Phi) is 4.63. The Balaban J connectivity index is 1.67. The van der Waals surface area contributed by atoms with Crippen LogP contribution in [0.4, 0.5) is 4.39 Å². The molecule has 1 aliphatic carbocycles. The number of hydrogen-bond acceptors (Lipinski definition) is 3. The second-order valence-corrected chi connectivity index (χ2v) is 6.43. The van der Waals surface area contributed by atoms with Crippen LogP contribution < -0.4 is 5.43 Å². The molecule has 1 aliphatic rings. The van der Waals surface area contributed by atoms with Crippen LogP contribution in [0.1, 0.15) is 41.8 Å². The number of thiophene rings is 1. The summed E-state index contributed by atoms with van der Waals surface area (Å²) in [5.41, 5.74) is 4.63. The maximum absolute atomic E-state index is 12.9. The molecule has 0 saturated heterocycles. The number of carbonyl (C=O) groups excluding carboxylic acids is 1. The van der Waals surface area contributed by atoms with Crippen molar-refractivity contribution >= 4 is 23.0 Å². The summed E-state index contributed by atoms with van der Waals surface area (Å²) in [5, 5.41) is 4.23. The van der Waals surface area contributed by atoms with Crippen LogP contribution in [0.25, 0.3) is 10.4 Å². The lowest BCUT2D eigenvalue weighted by molar-refractivity contribution is 0.0958. The third kappa shape index (κ3) is 3.60. The monoisotopic (exact) mass is 316 g/mol. The average Bonchev–Trinajstić information content (AvgIpc) is 3.04. The summed E-state index contributed by atoms with van der Waals surface area (Å²) in [7, 11) is 0. The van der Waals surface area contributed by atoms with E-state index in [-0.39, 0.29) is 11.7 Å². The second kappa shape index (κ2) is 6.83. The fourth-order valence-corrected chi connectivity index (χ4v) is 3.39. The Labute approximate surface area is 132 Å². The molecular weight excluding hydrogens is 299 g/mol. The molecule has 2 aromatic rings. The first-order chi connectivity index (χ1) is 10.7. The van der Waals surface area contributed by atoms with Crippen LogP contribution in [-0.4, -0.2) is 11.6 Å². The van der Waals surface area contributed by atoms with Gasteiger partial charge in [0.25, 0.3) is 5.91 Å². The van der Waals surface area contributed by atoms with Gasteiger partial charge in [-0.2, -0.15) is 5.10 Å². The number of carbonyl (C=O) groups is 1. The van der Waals surface area contributed by atoms with Gasteiger partial charge in [0, 0.05) is 10.6 Å². The molecule has 1 saturated carbocycles. The zero-order chi connectivity index (χ0) is 15.4. The van der Waals surface area contributed by atoms with Crippen LogP contribution in [0, 0.1) is 5.82 Å². The largest absolute Gasteiger partial charge is 0.281 e. The summed E-state index contributed by atoms with van der Waals surface area (Å²) in [4.78, 5) is 13.7. The maximum atomic E-state index is 12.9. The molecule has 3 nitrogen and oxygen atoms in total. The number of hydrazone groups is 1. The van der Waals surface area contributed by atoms with E-state index in [0.717, 1.165) is 41.8 Å². The highest BCUT2D eigenvalue weighted by Gasteiger charge is 2.11. The number of halogens is 1. The van der Waals surface area contributed by atoms with Gasteiger partial charge in [0.05, 0.1) is 4.88 Å². The topological polar surface area (TPSA) is 41.5 Å². The molecule has 0 radical (unpaired) electrons. The molecule has 0 bridgehead atoms. The van der Waals surface area contributed by atoms with Crippen LogP contribution in [0.2, 0.25) is 0 Å². The summed E-state index contributed by atoms with van der Waals surface area (Å²) in [5.74, 6) is -0.446. The first kappa shape index (κ1) is 14.9. The van der Waals surface area contributed by atoms with E-state index in [1.54, 1.807) is 18.2 Å². The predicted octanol–water partition coefficient (Wildman–Crippen LogP) is 4.60. The molecule has 0 spiro atoms. The molecular formula is C17H17FN2OS. The Bertz CT molecular complexity index is 683. The van der Waals surface area contributed by atoms with Gasteiger partial charge < -0.3 is 0 Å². The molecule has 3 rings (SSSR count). The lowest BCUT2D eigenvalue weighted by atomic mass is 9.99. The molecule has 1 fully saturated rings. The van der Waals surface area contributed by atoms with E-state index >= 15 is 0 Å². The highest BCUT2D eigenvalue weighted by atomic mass is 32.1. The van der Waals surface area contributed by atoms with Crippen molar-refractivity contribution in [3.8, 4) is 10.4 Å². The van der Waals surface area contributed by atoms with E-state index in [1.165, 1.54) is 29.9 Å². The third-order valence-corrected chi connectivity index (χ3v) is 4.84. The predicted molar refractivity (Wildman–Crippen MR) is 87.7 cm³/mol. The SMILES string of the molecule is O=C(NN=C1CCCCC1)c1ccc(-c2ccc(F)cc2)s1. The molecule has 0 atom stereocenters.